The van der Waals surface area contributed by atoms with Crippen LogP contribution in [0.5, 0.6) is 0 Å². The maximum atomic E-state index is 11.6. The van der Waals surface area contributed by atoms with Crippen molar-refractivity contribution >= 4 is 5.97 Å². The molecule has 0 saturated carbocycles. The molecule has 0 fully saturated rings. The van der Waals surface area contributed by atoms with Gasteiger partial charge < -0.3 is 5.11 Å². The smallest absolute Gasteiger partial charge is 0.337 e. The lowest BCUT2D eigenvalue weighted by Crippen LogP contribution is -2.16. The number of nitrogens with one attached hydrogen (secondary N) is 1. The summed E-state index contributed by atoms with van der Waals surface area (Å²) in [6.45, 7) is 1.74. The van der Waals surface area contributed by atoms with Gasteiger partial charge in [0.1, 0.15) is 0 Å². The third-order valence-corrected chi connectivity index (χ3v) is 2.22. The summed E-state index contributed by atoms with van der Waals surface area (Å²) < 4.78 is 1.22. The first-order valence-electron chi connectivity index (χ1n) is 4.71. The fourth-order valence-corrected chi connectivity index (χ4v) is 1.54. The summed E-state index contributed by atoms with van der Waals surface area (Å²) in [5, 5.41) is 11.8. The van der Waals surface area contributed by atoms with Gasteiger partial charge in [0.2, 0.25) is 0 Å². The van der Waals surface area contributed by atoms with Crippen molar-refractivity contribution in [2.45, 2.75) is 6.92 Å². The van der Waals surface area contributed by atoms with Crippen LogP contribution in [0.4, 0.5) is 0 Å². The molecule has 0 radical (unpaired) electrons. The highest BCUT2D eigenvalue weighted by molar-refractivity contribution is 5.91. The van der Waals surface area contributed by atoms with Crippen molar-refractivity contribution in [3.8, 4) is 5.69 Å². The van der Waals surface area contributed by atoms with Gasteiger partial charge in [0.15, 0.2) is 0 Å². The molecule has 0 unspecified atom stereocenters. The fraction of sp³-hybridized carbons (Fsp3) is 0.0909. The van der Waals surface area contributed by atoms with E-state index < -0.39 is 5.97 Å². The zero-order valence-electron chi connectivity index (χ0n) is 8.60. The monoisotopic (exact) mass is 218 g/mol. The predicted molar refractivity (Wildman–Crippen MR) is 58.1 cm³/mol. The predicted octanol–water partition coefficient (Wildman–Crippen LogP) is 1.17. The maximum Gasteiger partial charge on any atom is 0.337 e. The molecule has 0 spiro atoms. The number of carboxylic acid groups (broad SMARTS) is 1. The quantitative estimate of drug-likeness (QED) is 0.794. The molecule has 1 aromatic carbocycles. The molecule has 0 aliphatic carbocycles. The Labute approximate surface area is 90.9 Å². The number of aromatic carboxylic acids is 1. The lowest BCUT2D eigenvalue weighted by molar-refractivity contribution is 0.0696. The van der Waals surface area contributed by atoms with Gasteiger partial charge in [-0.2, -0.15) is 0 Å². The second-order valence-corrected chi connectivity index (χ2v) is 3.44. The Hall–Kier alpha value is -2.30. The number of carbonyl (C=O) groups is 1. The van der Waals surface area contributed by atoms with E-state index in [0.717, 1.165) is 0 Å². The average Bonchev–Trinajstić information content (AvgIpc) is 2.57. The van der Waals surface area contributed by atoms with E-state index >= 15 is 0 Å². The van der Waals surface area contributed by atoms with Crippen molar-refractivity contribution in [2.75, 3.05) is 0 Å². The van der Waals surface area contributed by atoms with Crippen LogP contribution >= 0.6 is 0 Å². The van der Waals surface area contributed by atoms with Crippen LogP contribution in [0.15, 0.2) is 35.1 Å². The van der Waals surface area contributed by atoms with Gasteiger partial charge in [0, 0.05) is 11.8 Å². The number of hydrogen-bond donors (Lipinski definition) is 2. The van der Waals surface area contributed by atoms with E-state index in [1.54, 1.807) is 25.1 Å². The largest absolute Gasteiger partial charge is 0.478 e. The van der Waals surface area contributed by atoms with Gasteiger partial charge in [0.05, 0.1) is 11.3 Å². The molecule has 0 atom stereocenters. The van der Waals surface area contributed by atoms with Crippen molar-refractivity contribution in [1.82, 2.24) is 9.78 Å². The highest BCUT2D eigenvalue weighted by Crippen LogP contribution is 2.11. The summed E-state index contributed by atoms with van der Waals surface area (Å²) in [4.78, 5) is 22.5. The number of para-hydroxylation sites is 1. The van der Waals surface area contributed by atoms with Crippen LogP contribution < -0.4 is 5.56 Å². The summed E-state index contributed by atoms with van der Waals surface area (Å²) >= 11 is 0. The summed E-state index contributed by atoms with van der Waals surface area (Å²) in [6.07, 6.45) is 0. The molecule has 1 aromatic heterocycles. The van der Waals surface area contributed by atoms with E-state index in [2.05, 4.69) is 5.10 Å². The number of hydrogen-bond acceptors (Lipinski definition) is 2. The zero-order valence-corrected chi connectivity index (χ0v) is 8.60. The number of aromatic amines is 1. The first-order chi connectivity index (χ1) is 7.59. The summed E-state index contributed by atoms with van der Waals surface area (Å²) in [5.41, 5.74) is 0.843. The van der Waals surface area contributed by atoms with Gasteiger partial charge in [-0.25, -0.2) is 9.48 Å². The third kappa shape index (κ3) is 1.63. The molecule has 2 rings (SSSR count). The number of rotatable bonds is 2. The molecule has 2 aromatic rings. The summed E-state index contributed by atoms with van der Waals surface area (Å²) in [6, 6.07) is 7.76. The lowest BCUT2D eigenvalue weighted by atomic mass is 10.2. The van der Waals surface area contributed by atoms with E-state index in [4.69, 9.17) is 5.11 Å². The van der Waals surface area contributed by atoms with Crippen LogP contribution in [0, 0.1) is 6.92 Å². The van der Waals surface area contributed by atoms with Gasteiger partial charge in [-0.3, -0.25) is 9.89 Å². The van der Waals surface area contributed by atoms with Crippen LogP contribution in [0.25, 0.3) is 5.69 Å². The molecule has 5 heteroatoms. The van der Waals surface area contributed by atoms with Crippen LogP contribution in [-0.2, 0) is 0 Å². The van der Waals surface area contributed by atoms with Crippen LogP contribution in [0.3, 0.4) is 0 Å². The van der Waals surface area contributed by atoms with Crippen molar-refractivity contribution in [3.05, 3.63) is 51.9 Å². The number of carboxylic acids is 1. The molecule has 82 valence electrons. The third-order valence-electron chi connectivity index (χ3n) is 2.22. The van der Waals surface area contributed by atoms with E-state index in [1.807, 2.05) is 0 Å². The Morgan fingerprint density at radius 1 is 1.38 bits per heavy atom. The Bertz CT molecular complexity index is 595. The fourth-order valence-electron chi connectivity index (χ4n) is 1.54. The minimum atomic E-state index is -1.06. The number of aryl methyl sites for hydroxylation is 1. The van der Waals surface area contributed by atoms with Gasteiger partial charge in [-0.1, -0.05) is 12.1 Å². The first kappa shape index (κ1) is 10.2. The van der Waals surface area contributed by atoms with Crippen LogP contribution in [0.2, 0.25) is 0 Å². The minimum Gasteiger partial charge on any atom is -0.478 e. The Balaban J connectivity index is 2.69. The second kappa shape index (κ2) is 3.69. The van der Waals surface area contributed by atoms with Crippen molar-refractivity contribution in [2.24, 2.45) is 0 Å². The highest BCUT2D eigenvalue weighted by Gasteiger charge is 2.12. The van der Waals surface area contributed by atoms with Crippen molar-refractivity contribution in [1.29, 1.82) is 0 Å². The van der Waals surface area contributed by atoms with Crippen molar-refractivity contribution < 1.29 is 9.90 Å². The normalized spacial score (nSPS) is 10.3. The van der Waals surface area contributed by atoms with E-state index in [0.29, 0.717) is 11.4 Å². The molecule has 0 aliphatic heterocycles. The van der Waals surface area contributed by atoms with E-state index in [9.17, 15) is 9.59 Å². The lowest BCUT2D eigenvalue weighted by Gasteiger charge is -2.05. The van der Waals surface area contributed by atoms with Crippen LogP contribution in [-0.4, -0.2) is 20.9 Å². The SMILES string of the molecule is Cc1cc(=O)n(-c2ccccc2C(=O)O)[nH]1. The average molecular weight is 218 g/mol. The molecule has 0 bridgehead atoms. The molecule has 5 nitrogen and oxygen atoms in total. The van der Waals surface area contributed by atoms with Gasteiger partial charge in [0.25, 0.3) is 5.56 Å². The van der Waals surface area contributed by atoms with Crippen molar-refractivity contribution in [3.63, 3.8) is 0 Å². The zero-order chi connectivity index (χ0) is 11.7. The van der Waals surface area contributed by atoms with Crippen LogP contribution in [0.1, 0.15) is 16.1 Å². The molecule has 16 heavy (non-hydrogen) atoms. The molecular formula is C11H10N2O3. The first-order valence-corrected chi connectivity index (χ1v) is 4.71. The molecule has 0 saturated heterocycles. The second-order valence-electron chi connectivity index (χ2n) is 3.44. The summed E-state index contributed by atoms with van der Waals surface area (Å²) in [7, 11) is 0. The molecule has 0 amide bonds. The molecule has 0 aliphatic rings. The van der Waals surface area contributed by atoms with E-state index in [-0.39, 0.29) is 11.1 Å². The minimum absolute atomic E-state index is 0.0893. The standard InChI is InChI=1S/C11H10N2O3/c1-7-6-10(14)13(12-7)9-5-3-2-4-8(9)11(15)16/h2-6,12H,1H3,(H,15,16). The Morgan fingerprint density at radius 3 is 2.62 bits per heavy atom. The molecule has 2 N–H and O–H groups in total. The Kier molecular flexibility index (Phi) is 2.36. The summed E-state index contributed by atoms with van der Waals surface area (Å²) in [5.74, 6) is -1.06. The Morgan fingerprint density at radius 2 is 2.06 bits per heavy atom. The number of benzene rings is 1. The van der Waals surface area contributed by atoms with E-state index in [1.165, 1.54) is 16.8 Å². The van der Waals surface area contributed by atoms with Gasteiger partial charge in [-0.15, -0.1) is 0 Å². The molecular weight excluding hydrogens is 208 g/mol. The highest BCUT2D eigenvalue weighted by atomic mass is 16.4. The number of H-pyrrole nitrogens is 1. The van der Waals surface area contributed by atoms with Gasteiger partial charge >= 0.3 is 5.97 Å². The number of nitrogens with zero attached hydrogens (tertiary/aromatic N) is 1. The van der Waals surface area contributed by atoms with Gasteiger partial charge in [-0.05, 0) is 19.1 Å². The number of aromatic nitrogens is 2. The molecule has 1 heterocycles. The maximum absolute atomic E-state index is 11.6. The topological polar surface area (TPSA) is 75.1 Å².